The van der Waals surface area contributed by atoms with Crippen molar-refractivity contribution in [3.8, 4) is 0 Å². The summed E-state index contributed by atoms with van der Waals surface area (Å²) in [6, 6.07) is 6.81. The van der Waals surface area contributed by atoms with Gasteiger partial charge in [0.25, 0.3) is 5.91 Å². The maximum absolute atomic E-state index is 12.8. The van der Waals surface area contributed by atoms with Gasteiger partial charge in [-0.3, -0.25) is 4.79 Å². The minimum Gasteiger partial charge on any atom is -0.480 e. The van der Waals surface area contributed by atoms with E-state index in [0.717, 1.165) is 21.0 Å². The van der Waals surface area contributed by atoms with Gasteiger partial charge in [0.15, 0.2) is 0 Å². The van der Waals surface area contributed by atoms with Gasteiger partial charge in [-0.25, -0.2) is 9.78 Å². The topological polar surface area (TPSA) is 70.5 Å². The van der Waals surface area contributed by atoms with Crippen LogP contribution < -0.4 is 0 Å². The zero-order valence-corrected chi connectivity index (χ0v) is 13.2. The summed E-state index contributed by atoms with van der Waals surface area (Å²) < 4.78 is 0. The maximum atomic E-state index is 12.8. The Hall–Kier alpha value is -2.21. The molecule has 1 amide bonds. The molecule has 114 valence electrons. The molecule has 2 heterocycles. The zero-order chi connectivity index (χ0) is 15.9. The van der Waals surface area contributed by atoms with E-state index in [1.54, 1.807) is 0 Å². The van der Waals surface area contributed by atoms with Crippen molar-refractivity contribution in [2.45, 2.75) is 32.9 Å². The van der Waals surface area contributed by atoms with Crippen LogP contribution in [0.1, 0.15) is 31.5 Å². The lowest BCUT2D eigenvalue weighted by Crippen LogP contribution is -2.48. The number of carbonyl (C=O) groups is 2. The summed E-state index contributed by atoms with van der Waals surface area (Å²) in [6.45, 7) is 3.99. The Labute approximate surface area is 132 Å². The van der Waals surface area contributed by atoms with Crippen molar-refractivity contribution in [2.24, 2.45) is 0 Å². The van der Waals surface area contributed by atoms with Gasteiger partial charge in [-0.1, -0.05) is 24.3 Å². The van der Waals surface area contributed by atoms with Gasteiger partial charge in [-0.05, 0) is 25.0 Å². The van der Waals surface area contributed by atoms with Crippen LogP contribution in [0, 0.1) is 13.8 Å². The largest absolute Gasteiger partial charge is 0.480 e. The number of carboxylic acid groups (broad SMARTS) is 1. The number of nitrogens with zero attached hydrogens (tertiary/aromatic N) is 2. The predicted octanol–water partition coefficient (Wildman–Crippen LogP) is 2.41. The second-order valence-corrected chi connectivity index (χ2v) is 6.80. The molecule has 2 aromatic rings. The molecule has 3 rings (SSSR count). The van der Waals surface area contributed by atoms with E-state index >= 15 is 0 Å². The highest BCUT2D eigenvalue weighted by Gasteiger charge is 2.36. The van der Waals surface area contributed by atoms with E-state index in [-0.39, 0.29) is 5.91 Å². The second kappa shape index (κ2) is 5.53. The van der Waals surface area contributed by atoms with Gasteiger partial charge in [0.05, 0.1) is 5.01 Å². The molecule has 1 aliphatic heterocycles. The quantitative estimate of drug-likeness (QED) is 0.923. The van der Waals surface area contributed by atoms with Crippen LogP contribution in [0.15, 0.2) is 24.3 Å². The number of carbonyl (C=O) groups excluding carboxylic acids is 1. The Balaban J connectivity index is 1.99. The van der Waals surface area contributed by atoms with E-state index in [1.807, 2.05) is 38.1 Å². The molecule has 1 aromatic carbocycles. The fourth-order valence-electron chi connectivity index (χ4n) is 2.82. The van der Waals surface area contributed by atoms with E-state index in [9.17, 15) is 14.7 Å². The second-order valence-electron chi connectivity index (χ2n) is 5.40. The molecule has 5 nitrogen and oxygen atoms in total. The number of aromatic nitrogens is 1. The van der Waals surface area contributed by atoms with Gasteiger partial charge in [0, 0.05) is 17.8 Å². The van der Waals surface area contributed by atoms with Gasteiger partial charge in [0.1, 0.15) is 11.7 Å². The first kappa shape index (κ1) is 14.7. The summed E-state index contributed by atoms with van der Waals surface area (Å²) in [5.74, 6) is -1.28. The number of carboxylic acids is 1. The molecule has 0 aliphatic carbocycles. The number of benzene rings is 1. The van der Waals surface area contributed by atoms with E-state index in [0.29, 0.717) is 18.7 Å². The number of amides is 1. The van der Waals surface area contributed by atoms with Crippen LogP contribution in [-0.2, 0) is 17.8 Å². The third-order valence-electron chi connectivity index (χ3n) is 3.90. The van der Waals surface area contributed by atoms with Crippen LogP contribution in [-0.4, -0.2) is 32.9 Å². The lowest BCUT2D eigenvalue weighted by molar-refractivity contribution is -0.142. The average Bonchev–Trinajstić information content (AvgIpc) is 2.83. The Kier molecular flexibility index (Phi) is 3.70. The van der Waals surface area contributed by atoms with E-state index in [4.69, 9.17) is 0 Å². The van der Waals surface area contributed by atoms with Gasteiger partial charge >= 0.3 is 5.97 Å². The molecule has 22 heavy (non-hydrogen) atoms. The first-order valence-corrected chi connectivity index (χ1v) is 7.83. The first-order chi connectivity index (χ1) is 10.5. The van der Waals surface area contributed by atoms with Gasteiger partial charge in [-0.15, -0.1) is 11.3 Å². The lowest BCUT2D eigenvalue weighted by Gasteiger charge is -2.34. The Bertz CT molecular complexity index is 754. The number of fused-ring (bicyclic) bond motifs is 1. The fourth-order valence-corrected chi connectivity index (χ4v) is 3.63. The van der Waals surface area contributed by atoms with E-state index in [2.05, 4.69) is 4.98 Å². The molecule has 0 radical (unpaired) electrons. The average molecular weight is 316 g/mol. The Morgan fingerprint density at radius 1 is 1.27 bits per heavy atom. The number of rotatable bonds is 2. The number of aryl methyl sites for hydroxylation is 2. The minimum atomic E-state index is -0.979. The third-order valence-corrected chi connectivity index (χ3v) is 4.79. The third kappa shape index (κ3) is 2.50. The van der Waals surface area contributed by atoms with Crippen molar-refractivity contribution in [2.75, 3.05) is 0 Å². The molecular formula is C16H16N2O3S. The first-order valence-electron chi connectivity index (χ1n) is 7.02. The Morgan fingerprint density at radius 2 is 1.95 bits per heavy atom. The SMILES string of the molecule is Cc1nc(C(=O)N2Cc3ccccc3CC2C(=O)O)c(C)s1. The fraction of sp³-hybridized carbons (Fsp3) is 0.312. The highest BCUT2D eigenvalue weighted by molar-refractivity contribution is 7.11. The molecule has 6 heteroatoms. The smallest absolute Gasteiger partial charge is 0.326 e. The van der Waals surface area contributed by atoms with Crippen molar-refractivity contribution < 1.29 is 14.7 Å². The molecule has 1 aliphatic rings. The molecule has 0 fully saturated rings. The molecule has 1 unspecified atom stereocenters. The summed E-state index contributed by atoms with van der Waals surface area (Å²) in [7, 11) is 0. The van der Waals surface area contributed by atoms with Crippen molar-refractivity contribution in [3.63, 3.8) is 0 Å². The summed E-state index contributed by atoms with van der Waals surface area (Å²) in [6.07, 6.45) is 0.333. The number of hydrogen-bond acceptors (Lipinski definition) is 4. The van der Waals surface area contributed by atoms with Crippen molar-refractivity contribution in [1.29, 1.82) is 0 Å². The summed E-state index contributed by atoms with van der Waals surface area (Å²) in [5, 5.41) is 10.3. The van der Waals surface area contributed by atoms with Crippen LogP contribution in [0.5, 0.6) is 0 Å². The monoisotopic (exact) mass is 316 g/mol. The number of hydrogen-bond donors (Lipinski definition) is 1. The molecule has 1 aromatic heterocycles. The van der Waals surface area contributed by atoms with E-state index in [1.165, 1.54) is 16.2 Å². The standard InChI is InChI=1S/C16H16N2O3S/c1-9-14(17-10(2)22-9)15(19)18-8-12-6-4-3-5-11(12)7-13(18)16(20)21/h3-6,13H,7-8H2,1-2H3,(H,20,21). The molecule has 0 spiro atoms. The molecule has 1 atom stereocenters. The highest BCUT2D eigenvalue weighted by atomic mass is 32.1. The van der Waals surface area contributed by atoms with Gasteiger partial charge < -0.3 is 10.0 Å². The van der Waals surface area contributed by atoms with E-state index < -0.39 is 12.0 Å². The van der Waals surface area contributed by atoms with Crippen molar-refractivity contribution >= 4 is 23.2 Å². The minimum absolute atomic E-state index is 0.302. The van der Waals surface area contributed by atoms with Crippen molar-refractivity contribution in [1.82, 2.24) is 9.88 Å². The van der Waals surface area contributed by atoms with Crippen LogP contribution in [0.2, 0.25) is 0 Å². The van der Waals surface area contributed by atoms with Crippen molar-refractivity contribution in [3.05, 3.63) is 51.0 Å². The number of aliphatic carboxylic acids is 1. The Morgan fingerprint density at radius 3 is 2.55 bits per heavy atom. The molecule has 0 saturated carbocycles. The predicted molar refractivity (Wildman–Crippen MR) is 83.0 cm³/mol. The lowest BCUT2D eigenvalue weighted by atomic mass is 9.93. The number of thiazole rings is 1. The van der Waals surface area contributed by atoms with Crippen LogP contribution >= 0.6 is 11.3 Å². The molecular weight excluding hydrogens is 300 g/mol. The normalized spacial score (nSPS) is 17.2. The summed E-state index contributed by atoms with van der Waals surface area (Å²) >= 11 is 1.45. The van der Waals surface area contributed by atoms with Crippen LogP contribution in [0.3, 0.4) is 0 Å². The summed E-state index contributed by atoms with van der Waals surface area (Å²) in [5.41, 5.74) is 2.36. The molecule has 0 bridgehead atoms. The molecule has 1 N–H and O–H groups in total. The van der Waals surface area contributed by atoms with Gasteiger partial charge in [-0.2, -0.15) is 0 Å². The van der Waals surface area contributed by atoms with Gasteiger partial charge in [0.2, 0.25) is 0 Å². The maximum Gasteiger partial charge on any atom is 0.326 e. The zero-order valence-electron chi connectivity index (χ0n) is 12.4. The van der Waals surface area contributed by atoms with Crippen LogP contribution in [0.25, 0.3) is 0 Å². The van der Waals surface area contributed by atoms with Crippen LogP contribution in [0.4, 0.5) is 0 Å². The highest BCUT2D eigenvalue weighted by Crippen LogP contribution is 2.27. The summed E-state index contributed by atoms with van der Waals surface area (Å²) in [4.78, 5) is 30.9. The molecule has 0 saturated heterocycles.